The van der Waals surface area contributed by atoms with Gasteiger partial charge in [-0.3, -0.25) is 14.5 Å². The first-order valence-corrected chi connectivity index (χ1v) is 7.82. The van der Waals surface area contributed by atoms with Gasteiger partial charge in [0.25, 0.3) is 5.91 Å². The minimum atomic E-state index is -0.890. The second-order valence-electron chi connectivity index (χ2n) is 6.24. The molecule has 0 bridgehead atoms. The van der Waals surface area contributed by atoms with Crippen LogP contribution in [-0.4, -0.2) is 40.9 Å². The number of carboxylic acids is 1. The lowest BCUT2D eigenvalue weighted by Crippen LogP contribution is -2.28. The molecule has 3 rings (SSSR count). The van der Waals surface area contributed by atoms with Crippen molar-refractivity contribution in [3.63, 3.8) is 0 Å². The molecule has 0 saturated heterocycles. The van der Waals surface area contributed by atoms with E-state index in [9.17, 15) is 14.7 Å². The predicted molar refractivity (Wildman–Crippen MR) is 90.5 cm³/mol. The number of benzene rings is 2. The van der Waals surface area contributed by atoms with Crippen molar-refractivity contribution in [2.75, 3.05) is 14.1 Å². The minimum Gasteiger partial charge on any atom is -0.480 e. The summed E-state index contributed by atoms with van der Waals surface area (Å²) >= 11 is 0. The first-order chi connectivity index (χ1) is 11.5. The summed E-state index contributed by atoms with van der Waals surface area (Å²) in [5, 5.41) is 9.71. The van der Waals surface area contributed by atoms with Gasteiger partial charge in [0, 0.05) is 32.7 Å². The Morgan fingerprint density at radius 3 is 2.50 bits per heavy atom. The van der Waals surface area contributed by atoms with E-state index in [4.69, 9.17) is 0 Å². The van der Waals surface area contributed by atoms with Crippen molar-refractivity contribution in [2.24, 2.45) is 0 Å². The molecule has 2 aromatic carbocycles. The third-order valence-corrected chi connectivity index (χ3v) is 4.29. The molecule has 24 heavy (non-hydrogen) atoms. The summed E-state index contributed by atoms with van der Waals surface area (Å²) in [7, 11) is 3.37. The highest BCUT2D eigenvalue weighted by Crippen LogP contribution is 2.35. The van der Waals surface area contributed by atoms with Gasteiger partial charge in [-0.15, -0.1) is 0 Å². The summed E-state index contributed by atoms with van der Waals surface area (Å²) in [5.41, 5.74) is 3.27. The fraction of sp³-hybridized carbons (Fsp3) is 0.263. The molecule has 124 valence electrons. The summed E-state index contributed by atoms with van der Waals surface area (Å²) in [6, 6.07) is 14.4. The van der Waals surface area contributed by atoms with Crippen LogP contribution in [0.4, 0.5) is 0 Å². The Morgan fingerprint density at radius 2 is 1.88 bits per heavy atom. The van der Waals surface area contributed by atoms with Crippen LogP contribution in [0.15, 0.2) is 48.5 Å². The van der Waals surface area contributed by atoms with Crippen molar-refractivity contribution in [3.8, 4) is 0 Å². The average molecular weight is 324 g/mol. The van der Waals surface area contributed by atoms with Gasteiger partial charge in [0.1, 0.15) is 6.04 Å². The maximum Gasteiger partial charge on any atom is 0.325 e. The van der Waals surface area contributed by atoms with Crippen LogP contribution in [0, 0.1) is 0 Å². The van der Waals surface area contributed by atoms with Crippen LogP contribution < -0.4 is 0 Å². The predicted octanol–water partition coefficient (Wildman–Crippen LogP) is 2.53. The van der Waals surface area contributed by atoms with Crippen LogP contribution in [-0.2, 0) is 17.9 Å². The maximum atomic E-state index is 12.2. The molecule has 1 aliphatic rings. The van der Waals surface area contributed by atoms with Crippen molar-refractivity contribution < 1.29 is 14.7 Å². The molecule has 0 aromatic heterocycles. The van der Waals surface area contributed by atoms with E-state index in [-0.39, 0.29) is 5.91 Å². The Balaban J connectivity index is 1.92. The second-order valence-corrected chi connectivity index (χ2v) is 6.24. The average Bonchev–Trinajstić information content (AvgIpc) is 2.91. The van der Waals surface area contributed by atoms with E-state index in [0.717, 1.165) is 11.1 Å². The molecule has 5 heteroatoms. The van der Waals surface area contributed by atoms with Gasteiger partial charge >= 0.3 is 5.97 Å². The van der Waals surface area contributed by atoms with Crippen molar-refractivity contribution in [2.45, 2.75) is 19.1 Å². The van der Waals surface area contributed by atoms with Crippen LogP contribution in [0.5, 0.6) is 0 Å². The lowest BCUT2D eigenvalue weighted by molar-refractivity contribution is -0.143. The summed E-state index contributed by atoms with van der Waals surface area (Å²) < 4.78 is 0. The Labute approximate surface area is 141 Å². The van der Waals surface area contributed by atoms with E-state index in [1.807, 2.05) is 41.3 Å². The van der Waals surface area contributed by atoms with Gasteiger partial charge in [-0.25, -0.2) is 0 Å². The summed E-state index contributed by atoms with van der Waals surface area (Å²) in [4.78, 5) is 27.4. The van der Waals surface area contributed by atoms with Crippen LogP contribution in [0.1, 0.15) is 33.1 Å². The van der Waals surface area contributed by atoms with E-state index >= 15 is 0 Å². The lowest BCUT2D eigenvalue weighted by atomic mass is 10.0. The van der Waals surface area contributed by atoms with Gasteiger partial charge in [-0.05, 0) is 28.8 Å². The largest absolute Gasteiger partial charge is 0.480 e. The number of fused-ring (bicyclic) bond motifs is 1. The molecule has 1 amide bonds. The topological polar surface area (TPSA) is 60.9 Å². The molecule has 0 fully saturated rings. The smallest absolute Gasteiger partial charge is 0.325 e. The fourth-order valence-electron chi connectivity index (χ4n) is 3.15. The zero-order valence-electron chi connectivity index (χ0n) is 13.8. The second kappa shape index (κ2) is 6.45. The molecule has 0 aliphatic carbocycles. The van der Waals surface area contributed by atoms with Gasteiger partial charge in [-0.1, -0.05) is 36.4 Å². The van der Waals surface area contributed by atoms with E-state index in [1.165, 1.54) is 4.90 Å². The van der Waals surface area contributed by atoms with Gasteiger partial charge in [0.2, 0.25) is 0 Å². The number of hydrogen-bond donors (Lipinski definition) is 1. The molecule has 1 N–H and O–H groups in total. The number of nitrogens with zero attached hydrogens (tertiary/aromatic N) is 2. The first kappa shape index (κ1) is 16.2. The summed E-state index contributed by atoms with van der Waals surface area (Å²) in [5.74, 6) is -1.01. The number of hydrogen-bond acceptors (Lipinski definition) is 3. The minimum absolute atomic E-state index is 0.122. The molecule has 0 saturated carbocycles. The van der Waals surface area contributed by atoms with Gasteiger partial charge in [0.15, 0.2) is 0 Å². The van der Waals surface area contributed by atoms with Crippen LogP contribution in [0.3, 0.4) is 0 Å². The molecule has 1 unspecified atom stereocenters. The molecule has 1 atom stereocenters. The maximum absolute atomic E-state index is 12.2. The Kier molecular flexibility index (Phi) is 4.36. The molecule has 0 radical (unpaired) electrons. The monoisotopic (exact) mass is 324 g/mol. The Morgan fingerprint density at radius 1 is 1.17 bits per heavy atom. The van der Waals surface area contributed by atoms with Crippen molar-refractivity contribution in [1.82, 2.24) is 9.80 Å². The third kappa shape index (κ3) is 3.03. The van der Waals surface area contributed by atoms with Gasteiger partial charge in [-0.2, -0.15) is 0 Å². The zero-order chi connectivity index (χ0) is 17.3. The van der Waals surface area contributed by atoms with Gasteiger partial charge in [0.05, 0.1) is 0 Å². The zero-order valence-corrected chi connectivity index (χ0v) is 13.8. The van der Waals surface area contributed by atoms with Crippen LogP contribution in [0.2, 0.25) is 0 Å². The Bertz CT molecular complexity index is 771. The normalized spacial score (nSPS) is 16.7. The van der Waals surface area contributed by atoms with Crippen molar-refractivity contribution in [1.29, 1.82) is 0 Å². The highest BCUT2D eigenvalue weighted by Gasteiger charge is 2.36. The molecular weight excluding hydrogens is 304 g/mol. The van der Waals surface area contributed by atoms with E-state index in [0.29, 0.717) is 24.2 Å². The fourth-order valence-corrected chi connectivity index (χ4v) is 3.15. The van der Waals surface area contributed by atoms with Crippen LogP contribution in [0.25, 0.3) is 0 Å². The standard InChI is InChI=1S/C19H20N2O3/c1-20(2)18(22)14-8-9-15-12-21(11-13-6-4-3-5-7-13)17(19(23)24)16(15)10-14/h3-10,17H,11-12H2,1-2H3,(H,23,24). The molecule has 2 aromatic rings. The number of carbonyl (C=O) groups is 2. The SMILES string of the molecule is CN(C)C(=O)c1ccc2c(c1)C(C(=O)O)N(Cc1ccccc1)C2. The van der Waals surface area contributed by atoms with E-state index in [1.54, 1.807) is 26.2 Å². The molecule has 0 spiro atoms. The van der Waals surface area contributed by atoms with E-state index in [2.05, 4.69) is 0 Å². The molecule has 5 nitrogen and oxygen atoms in total. The Hall–Kier alpha value is -2.66. The van der Waals surface area contributed by atoms with Crippen LogP contribution >= 0.6 is 0 Å². The first-order valence-electron chi connectivity index (χ1n) is 7.82. The molecule has 1 aliphatic heterocycles. The number of aliphatic carboxylic acids is 1. The lowest BCUT2D eigenvalue weighted by Gasteiger charge is -2.21. The molecular formula is C19H20N2O3. The third-order valence-electron chi connectivity index (χ3n) is 4.29. The number of carboxylic acid groups (broad SMARTS) is 1. The summed E-state index contributed by atoms with van der Waals surface area (Å²) in [6.07, 6.45) is 0. The summed E-state index contributed by atoms with van der Waals surface area (Å²) in [6.45, 7) is 1.13. The quantitative estimate of drug-likeness (QED) is 0.939. The van der Waals surface area contributed by atoms with Crippen molar-refractivity contribution >= 4 is 11.9 Å². The highest BCUT2D eigenvalue weighted by atomic mass is 16.4. The number of amides is 1. The highest BCUT2D eigenvalue weighted by molar-refractivity contribution is 5.94. The number of carbonyl (C=O) groups excluding carboxylic acids is 1. The van der Waals surface area contributed by atoms with E-state index < -0.39 is 12.0 Å². The molecule has 1 heterocycles. The number of rotatable bonds is 4. The van der Waals surface area contributed by atoms with Crippen molar-refractivity contribution in [3.05, 3.63) is 70.8 Å². The van der Waals surface area contributed by atoms with Gasteiger partial charge < -0.3 is 10.0 Å².